The van der Waals surface area contributed by atoms with Gasteiger partial charge in [-0.2, -0.15) is 0 Å². The molecule has 0 aliphatic carbocycles. The van der Waals surface area contributed by atoms with Crippen molar-refractivity contribution >= 4 is 11.8 Å². The number of carbonyl (C=O) groups excluding carboxylic acids is 2. The Labute approximate surface area is 107 Å². The number of rotatable bonds is 6. The van der Waals surface area contributed by atoms with E-state index in [0.29, 0.717) is 6.61 Å². The van der Waals surface area contributed by atoms with Crippen molar-refractivity contribution in [1.82, 2.24) is 10.6 Å². The van der Waals surface area contributed by atoms with Crippen LogP contribution >= 0.6 is 0 Å². The molecule has 2 amide bonds. The maximum atomic E-state index is 11.5. The van der Waals surface area contributed by atoms with Crippen molar-refractivity contribution in [3.8, 4) is 0 Å². The highest BCUT2D eigenvalue weighted by molar-refractivity contribution is 5.86. The molecule has 98 valence electrons. The minimum Gasteiger partial charge on any atom is -0.374 e. The molecule has 1 unspecified atom stereocenters. The molecule has 1 aromatic rings. The van der Waals surface area contributed by atoms with Gasteiger partial charge in [-0.3, -0.25) is 9.59 Å². The molecule has 2 N–H and O–H groups in total. The molecule has 0 fully saturated rings. The van der Waals surface area contributed by atoms with Gasteiger partial charge in [-0.25, -0.2) is 0 Å². The summed E-state index contributed by atoms with van der Waals surface area (Å²) in [7, 11) is 1.52. The highest BCUT2D eigenvalue weighted by Gasteiger charge is 2.17. The van der Waals surface area contributed by atoms with Gasteiger partial charge in [-0.1, -0.05) is 30.3 Å². The van der Waals surface area contributed by atoms with E-state index in [9.17, 15) is 9.59 Å². The van der Waals surface area contributed by atoms with Crippen LogP contribution in [-0.2, 0) is 20.9 Å². The van der Waals surface area contributed by atoms with Gasteiger partial charge in [0.1, 0.15) is 6.04 Å². The van der Waals surface area contributed by atoms with Crippen LogP contribution in [0.4, 0.5) is 0 Å². The zero-order valence-corrected chi connectivity index (χ0v) is 10.6. The van der Waals surface area contributed by atoms with Crippen LogP contribution in [-0.4, -0.2) is 31.5 Å². The van der Waals surface area contributed by atoms with Crippen LogP contribution in [0.5, 0.6) is 0 Å². The van der Waals surface area contributed by atoms with E-state index < -0.39 is 6.04 Å². The maximum absolute atomic E-state index is 11.5. The van der Waals surface area contributed by atoms with Crippen LogP contribution < -0.4 is 10.6 Å². The molecule has 0 bridgehead atoms. The topological polar surface area (TPSA) is 67.4 Å². The lowest BCUT2D eigenvalue weighted by atomic mass is 10.2. The third kappa shape index (κ3) is 4.97. The smallest absolute Gasteiger partial charge is 0.244 e. The van der Waals surface area contributed by atoms with E-state index in [1.807, 2.05) is 30.3 Å². The zero-order chi connectivity index (χ0) is 13.4. The molecule has 1 rings (SSSR count). The summed E-state index contributed by atoms with van der Waals surface area (Å²) >= 11 is 0. The SMILES string of the molecule is CNC(=O)C(COCc1ccccc1)NC(C)=O. The second-order valence-corrected chi connectivity index (χ2v) is 3.87. The second kappa shape index (κ2) is 7.45. The molecule has 18 heavy (non-hydrogen) atoms. The highest BCUT2D eigenvalue weighted by atomic mass is 16.5. The lowest BCUT2D eigenvalue weighted by molar-refractivity contribution is -0.129. The molecule has 5 nitrogen and oxygen atoms in total. The first-order chi connectivity index (χ1) is 8.63. The van der Waals surface area contributed by atoms with Crippen LogP contribution in [0.2, 0.25) is 0 Å². The Morgan fingerprint density at radius 3 is 2.50 bits per heavy atom. The van der Waals surface area contributed by atoms with Crippen molar-refractivity contribution in [2.45, 2.75) is 19.6 Å². The Bertz CT molecular complexity index is 392. The molecular weight excluding hydrogens is 232 g/mol. The molecule has 5 heteroatoms. The summed E-state index contributed by atoms with van der Waals surface area (Å²) in [4.78, 5) is 22.4. The molecule has 0 radical (unpaired) electrons. The summed E-state index contributed by atoms with van der Waals surface area (Å²) in [6, 6.07) is 8.98. The van der Waals surface area contributed by atoms with Crippen LogP contribution in [0.25, 0.3) is 0 Å². The quantitative estimate of drug-likeness (QED) is 0.770. The van der Waals surface area contributed by atoms with Crippen molar-refractivity contribution in [3.63, 3.8) is 0 Å². The number of likely N-dealkylation sites (N-methyl/N-ethyl adjacent to an activating group) is 1. The first kappa shape index (κ1) is 14.2. The fraction of sp³-hybridized carbons (Fsp3) is 0.385. The third-order valence-corrected chi connectivity index (χ3v) is 2.34. The average Bonchev–Trinajstić information content (AvgIpc) is 2.37. The van der Waals surface area contributed by atoms with Crippen LogP contribution in [0.3, 0.4) is 0 Å². The van der Waals surface area contributed by atoms with Gasteiger partial charge in [0.2, 0.25) is 11.8 Å². The molecule has 1 atom stereocenters. The van der Waals surface area contributed by atoms with Crippen molar-refractivity contribution in [2.24, 2.45) is 0 Å². The highest BCUT2D eigenvalue weighted by Crippen LogP contribution is 2.01. The van der Waals surface area contributed by atoms with Gasteiger partial charge in [-0.05, 0) is 5.56 Å². The number of nitrogens with one attached hydrogen (secondary N) is 2. The second-order valence-electron chi connectivity index (χ2n) is 3.87. The fourth-order valence-corrected chi connectivity index (χ4v) is 1.47. The molecule has 0 aliphatic heterocycles. The van der Waals surface area contributed by atoms with E-state index in [2.05, 4.69) is 10.6 Å². The van der Waals surface area contributed by atoms with Crippen molar-refractivity contribution in [3.05, 3.63) is 35.9 Å². The molecule has 0 aromatic heterocycles. The standard InChI is InChI=1S/C13H18N2O3/c1-10(16)15-12(13(17)14-2)9-18-8-11-6-4-3-5-7-11/h3-7,12H,8-9H2,1-2H3,(H,14,17)(H,15,16). The van der Waals surface area contributed by atoms with Crippen molar-refractivity contribution in [1.29, 1.82) is 0 Å². The van der Waals surface area contributed by atoms with E-state index >= 15 is 0 Å². The largest absolute Gasteiger partial charge is 0.374 e. The first-order valence-electron chi connectivity index (χ1n) is 5.74. The summed E-state index contributed by atoms with van der Waals surface area (Å²) in [5.41, 5.74) is 1.02. The summed E-state index contributed by atoms with van der Waals surface area (Å²) in [5.74, 6) is -0.523. The van der Waals surface area contributed by atoms with E-state index in [1.54, 1.807) is 0 Å². The minimum atomic E-state index is -0.656. The molecule has 0 aliphatic rings. The third-order valence-electron chi connectivity index (χ3n) is 2.34. The van der Waals surface area contributed by atoms with Gasteiger partial charge < -0.3 is 15.4 Å². The Morgan fingerprint density at radius 1 is 1.28 bits per heavy atom. The number of ether oxygens (including phenoxy) is 1. The fourth-order valence-electron chi connectivity index (χ4n) is 1.47. The van der Waals surface area contributed by atoms with Crippen LogP contribution in [0.15, 0.2) is 30.3 Å². The predicted octanol–water partition coefficient (Wildman–Crippen LogP) is 0.454. The normalized spacial score (nSPS) is 11.7. The zero-order valence-electron chi connectivity index (χ0n) is 10.6. The number of benzene rings is 1. The summed E-state index contributed by atoms with van der Waals surface area (Å²) in [5, 5.41) is 5.03. The van der Waals surface area contributed by atoms with Crippen LogP contribution in [0.1, 0.15) is 12.5 Å². The van der Waals surface area contributed by atoms with E-state index in [-0.39, 0.29) is 18.4 Å². The van der Waals surface area contributed by atoms with Crippen molar-refractivity contribution < 1.29 is 14.3 Å². The summed E-state index contributed by atoms with van der Waals surface area (Å²) in [6.07, 6.45) is 0. The van der Waals surface area contributed by atoms with Gasteiger partial charge in [0.15, 0.2) is 0 Å². The summed E-state index contributed by atoms with van der Waals surface area (Å²) in [6.45, 7) is 1.93. The van der Waals surface area contributed by atoms with Crippen molar-refractivity contribution in [2.75, 3.05) is 13.7 Å². The number of amides is 2. The Hall–Kier alpha value is -1.88. The monoisotopic (exact) mass is 250 g/mol. The number of carbonyl (C=O) groups is 2. The molecule has 0 saturated heterocycles. The van der Waals surface area contributed by atoms with E-state index in [1.165, 1.54) is 14.0 Å². The molecular formula is C13H18N2O3. The number of hydrogen-bond acceptors (Lipinski definition) is 3. The first-order valence-corrected chi connectivity index (χ1v) is 5.74. The Balaban J connectivity index is 2.42. The van der Waals surface area contributed by atoms with Crippen LogP contribution in [0, 0.1) is 0 Å². The molecule has 0 saturated carbocycles. The molecule has 1 aromatic carbocycles. The lowest BCUT2D eigenvalue weighted by Crippen LogP contribution is -2.47. The van der Waals surface area contributed by atoms with E-state index in [0.717, 1.165) is 5.56 Å². The van der Waals surface area contributed by atoms with Gasteiger partial charge in [0.25, 0.3) is 0 Å². The van der Waals surface area contributed by atoms with Gasteiger partial charge >= 0.3 is 0 Å². The number of hydrogen-bond donors (Lipinski definition) is 2. The Morgan fingerprint density at radius 2 is 1.94 bits per heavy atom. The van der Waals surface area contributed by atoms with Gasteiger partial charge in [0.05, 0.1) is 13.2 Å². The average molecular weight is 250 g/mol. The van der Waals surface area contributed by atoms with E-state index in [4.69, 9.17) is 4.74 Å². The minimum absolute atomic E-state index is 0.147. The maximum Gasteiger partial charge on any atom is 0.244 e. The van der Waals surface area contributed by atoms with Gasteiger partial charge in [0, 0.05) is 14.0 Å². The summed E-state index contributed by atoms with van der Waals surface area (Å²) < 4.78 is 5.43. The molecule has 0 heterocycles. The Kier molecular flexibility index (Phi) is 5.87. The van der Waals surface area contributed by atoms with Gasteiger partial charge in [-0.15, -0.1) is 0 Å². The predicted molar refractivity (Wildman–Crippen MR) is 67.8 cm³/mol. The molecule has 0 spiro atoms. The lowest BCUT2D eigenvalue weighted by Gasteiger charge is -2.16.